The predicted octanol–water partition coefficient (Wildman–Crippen LogP) is 2.58. The number of pyridine rings is 1. The van der Waals surface area contributed by atoms with Gasteiger partial charge in [-0.3, -0.25) is 9.88 Å². The second kappa shape index (κ2) is 5.85. The molecular formula is C16H19FN2O. The van der Waals surface area contributed by atoms with E-state index in [-0.39, 0.29) is 12.4 Å². The molecule has 1 N–H and O–H groups in total. The first-order valence-corrected chi connectivity index (χ1v) is 7.13. The molecule has 3 rings (SSSR count). The normalized spacial score (nSPS) is 17.7. The molecule has 1 saturated heterocycles. The fraction of sp³-hybridized carbons (Fsp3) is 0.438. The van der Waals surface area contributed by atoms with Crippen LogP contribution in [0.2, 0.25) is 0 Å². The Labute approximate surface area is 118 Å². The zero-order chi connectivity index (χ0) is 13.9. The van der Waals surface area contributed by atoms with Gasteiger partial charge in [0, 0.05) is 24.7 Å². The minimum Gasteiger partial charge on any atom is -0.396 e. The largest absolute Gasteiger partial charge is 0.396 e. The molecule has 0 saturated carbocycles. The average molecular weight is 274 g/mol. The number of aliphatic hydroxyl groups excluding tert-OH is 1. The summed E-state index contributed by atoms with van der Waals surface area (Å²) in [5.74, 6) is 0.227. The highest BCUT2D eigenvalue weighted by molar-refractivity contribution is 5.82. The van der Waals surface area contributed by atoms with Crippen molar-refractivity contribution in [3.05, 3.63) is 41.8 Å². The maximum atomic E-state index is 13.8. The topological polar surface area (TPSA) is 36.4 Å². The highest BCUT2D eigenvalue weighted by Gasteiger charge is 2.19. The molecule has 20 heavy (non-hydrogen) atoms. The van der Waals surface area contributed by atoms with Gasteiger partial charge in [0.25, 0.3) is 0 Å². The Bertz CT molecular complexity index is 594. The van der Waals surface area contributed by atoms with Crippen LogP contribution in [0.15, 0.2) is 30.5 Å². The van der Waals surface area contributed by atoms with E-state index in [0.29, 0.717) is 11.3 Å². The Balaban J connectivity index is 1.80. The number of likely N-dealkylation sites (tertiary alicyclic amines) is 1. The van der Waals surface area contributed by atoms with Gasteiger partial charge in [0.1, 0.15) is 5.82 Å². The van der Waals surface area contributed by atoms with E-state index in [1.165, 1.54) is 6.07 Å². The summed E-state index contributed by atoms with van der Waals surface area (Å²) in [6.07, 6.45) is 3.77. The zero-order valence-corrected chi connectivity index (χ0v) is 11.4. The van der Waals surface area contributed by atoms with Crippen LogP contribution < -0.4 is 0 Å². The second-order valence-electron chi connectivity index (χ2n) is 5.51. The molecule has 1 aliphatic rings. The third-order valence-corrected chi connectivity index (χ3v) is 4.16. The summed E-state index contributed by atoms with van der Waals surface area (Å²) >= 11 is 0. The van der Waals surface area contributed by atoms with E-state index in [1.807, 2.05) is 6.07 Å². The maximum absolute atomic E-state index is 13.8. The van der Waals surface area contributed by atoms with Crippen molar-refractivity contribution in [3.8, 4) is 0 Å². The van der Waals surface area contributed by atoms with Crippen molar-refractivity contribution in [2.24, 2.45) is 5.92 Å². The molecule has 0 amide bonds. The molecule has 1 fully saturated rings. The second-order valence-corrected chi connectivity index (χ2v) is 5.51. The fourth-order valence-electron chi connectivity index (χ4n) is 2.89. The Morgan fingerprint density at radius 2 is 2.05 bits per heavy atom. The van der Waals surface area contributed by atoms with Gasteiger partial charge in [-0.25, -0.2) is 4.39 Å². The van der Waals surface area contributed by atoms with Crippen LogP contribution in [-0.4, -0.2) is 34.7 Å². The summed E-state index contributed by atoms with van der Waals surface area (Å²) in [4.78, 5) is 6.69. The number of piperidine rings is 1. The van der Waals surface area contributed by atoms with Crippen LogP contribution in [-0.2, 0) is 6.54 Å². The molecule has 0 unspecified atom stereocenters. The lowest BCUT2D eigenvalue weighted by molar-refractivity contribution is 0.127. The molecule has 2 heterocycles. The van der Waals surface area contributed by atoms with Gasteiger partial charge in [-0.1, -0.05) is 6.07 Å². The summed E-state index contributed by atoms with van der Waals surface area (Å²) in [6, 6.07) is 6.91. The van der Waals surface area contributed by atoms with Crippen LogP contribution in [0.4, 0.5) is 4.39 Å². The molecule has 0 aliphatic carbocycles. The van der Waals surface area contributed by atoms with Gasteiger partial charge < -0.3 is 5.11 Å². The van der Waals surface area contributed by atoms with Gasteiger partial charge in [0.05, 0.1) is 5.52 Å². The maximum Gasteiger partial charge on any atom is 0.132 e. The summed E-state index contributed by atoms with van der Waals surface area (Å²) in [5, 5.41) is 9.76. The Hall–Kier alpha value is -1.52. The van der Waals surface area contributed by atoms with Crippen molar-refractivity contribution in [2.45, 2.75) is 19.4 Å². The standard InChI is InChI=1S/C16H19FN2O/c17-15-4-3-13(16-14(15)2-1-7-18-16)10-19-8-5-12(11-20)6-9-19/h1-4,7,12,20H,5-6,8-11H2. The molecule has 0 atom stereocenters. The summed E-state index contributed by atoms with van der Waals surface area (Å²) in [5.41, 5.74) is 1.83. The van der Waals surface area contributed by atoms with E-state index in [4.69, 9.17) is 5.11 Å². The third-order valence-electron chi connectivity index (χ3n) is 4.16. The summed E-state index contributed by atoms with van der Waals surface area (Å²) < 4.78 is 13.8. The van der Waals surface area contributed by atoms with Crippen molar-refractivity contribution >= 4 is 10.9 Å². The monoisotopic (exact) mass is 274 g/mol. The van der Waals surface area contributed by atoms with E-state index >= 15 is 0 Å². The average Bonchev–Trinajstić information content (AvgIpc) is 2.51. The van der Waals surface area contributed by atoms with Crippen molar-refractivity contribution in [1.29, 1.82) is 0 Å². The molecule has 0 spiro atoms. The van der Waals surface area contributed by atoms with Crippen LogP contribution in [0.1, 0.15) is 18.4 Å². The number of hydrogen-bond acceptors (Lipinski definition) is 3. The lowest BCUT2D eigenvalue weighted by Gasteiger charge is -2.31. The van der Waals surface area contributed by atoms with E-state index in [0.717, 1.165) is 43.6 Å². The van der Waals surface area contributed by atoms with Crippen LogP contribution in [0.25, 0.3) is 10.9 Å². The van der Waals surface area contributed by atoms with Gasteiger partial charge >= 0.3 is 0 Å². The number of fused-ring (bicyclic) bond motifs is 1. The molecule has 1 aromatic carbocycles. The number of aliphatic hydroxyl groups is 1. The third kappa shape index (κ3) is 2.67. The minimum atomic E-state index is -0.212. The molecule has 1 aliphatic heterocycles. The Morgan fingerprint density at radius 3 is 2.80 bits per heavy atom. The van der Waals surface area contributed by atoms with Crippen LogP contribution in [0.5, 0.6) is 0 Å². The number of rotatable bonds is 3. The van der Waals surface area contributed by atoms with Crippen LogP contribution in [0.3, 0.4) is 0 Å². The molecule has 2 aromatic rings. The van der Waals surface area contributed by atoms with Crippen LogP contribution in [0, 0.1) is 11.7 Å². The van der Waals surface area contributed by atoms with Crippen molar-refractivity contribution < 1.29 is 9.50 Å². The predicted molar refractivity (Wildman–Crippen MR) is 76.8 cm³/mol. The highest BCUT2D eigenvalue weighted by atomic mass is 19.1. The molecule has 0 bridgehead atoms. The lowest BCUT2D eigenvalue weighted by Crippen LogP contribution is -2.34. The van der Waals surface area contributed by atoms with Gasteiger partial charge in [-0.05, 0) is 55.6 Å². The van der Waals surface area contributed by atoms with E-state index < -0.39 is 0 Å². The van der Waals surface area contributed by atoms with E-state index in [1.54, 1.807) is 18.3 Å². The number of benzene rings is 1. The minimum absolute atomic E-state index is 0.212. The van der Waals surface area contributed by atoms with Gasteiger partial charge in [-0.15, -0.1) is 0 Å². The zero-order valence-electron chi connectivity index (χ0n) is 11.4. The Kier molecular flexibility index (Phi) is 3.94. The van der Waals surface area contributed by atoms with Crippen molar-refractivity contribution in [2.75, 3.05) is 19.7 Å². The number of aromatic nitrogens is 1. The van der Waals surface area contributed by atoms with E-state index in [9.17, 15) is 4.39 Å². The van der Waals surface area contributed by atoms with Crippen LogP contribution >= 0.6 is 0 Å². The first kappa shape index (κ1) is 13.5. The number of nitrogens with zero attached hydrogens (tertiary/aromatic N) is 2. The molecular weight excluding hydrogens is 255 g/mol. The van der Waals surface area contributed by atoms with Crippen molar-refractivity contribution in [3.63, 3.8) is 0 Å². The van der Waals surface area contributed by atoms with Gasteiger partial charge in [0.2, 0.25) is 0 Å². The SMILES string of the molecule is OCC1CCN(Cc2ccc(F)c3cccnc23)CC1. The van der Waals surface area contributed by atoms with Crippen molar-refractivity contribution in [1.82, 2.24) is 9.88 Å². The lowest BCUT2D eigenvalue weighted by atomic mass is 9.97. The first-order chi connectivity index (χ1) is 9.78. The molecule has 1 aromatic heterocycles. The van der Waals surface area contributed by atoms with Gasteiger partial charge in [-0.2, -0.15) is 0 Å². The number of halogens is 1. The molecule has 3 nitrogen and oxygen atoms in total. The summed E-state index contributed by atoms with van der Waals surface area (Å²) in [6.45, 7) is 3.05. The summed E-state index contributed by atoms with van der Waals surface area (Å²) in [7, 11) is 0. The molecule has 4 heteroatoms. The smallest absolute Gasteiger partial charge is 0.132 e. The quantitative estimate of drug-likeness (QED) is 0.934. The molecule has 0 radical (unpaired) electrons. The van der Waals surface area contributed by atoms with Gasteiger partial charge in [0.15, 0.2) is 0 Å². The first-order valence-electron chi connectivity index (χ1n) is 7.13. The highest BCUT2D eigenvalue weighted by Crippen LogP contribution is 2.23. The Morgan fingerprint density at radius 1 is 1.25 bits per heavy atom. The van der Waals surface area contributed by atoms with E-state index in [2.05, 4.69) is 9.88 Å². The molecule has 106 valence electrons. The fourth-order valence-corrected chi connectivity index (χ4v) is 2.89. The number of hydrogen-bond donors (Lipinski definition) is 1.